The molecule has 1 saturated heterocycles. The van der Waals surface area contributed by atoms with Crippen LogP contribution in [0.3, 0.4) is 0 Å². The van der Waals surface area contributed by atoms with Gasteiger partial charge in [0.05, 0.1) is 11.6 Å². The van der Waals surface area contributed by atoms with Crippen molar-refractivity contribution >= 4 is 11.6 Å². The van der Waals surface area contributed by atoms with Gasteiger partial charge in [0, 0.05) is 38.8 Å². The van der Waals surface area contributed by atoms with E-state index in [1.165, 1.54) is 0 Å². The van der Waals surface area contributed by atoms with Gasteiger partial charge in [0.2, 0.25) is 5.91 Å². The average molecular weight is 243 g/mol. The Balaban J connectivity index is 2.10. The van der Waals surface area contributed by atoms with Crippen molar-refractivity contribution in [1.82, 2.24) is 4.90 Å². The number of anilines is 1. The van der Waals surface area contributed by atoms with Crippen molar-refractivity contribution in [1.29, 1.82) is 5.26 Å². The van der Waals surface area contributed by atoms with Crippen molar-refractivity contribution in [3.63, 3.8) is 0 Å². The van der Waals surface area contributed by atoms with Crippen molar-refractivity contribution in [2.24, 2.45) is 0 Å². The van der Waals surface area contributed by atoms with Crippen molar-refractivity contribution in [3.8, 4) is 6.07 Å². The standard InChI is InChI=1S/C14H17N3O/c1-11-9-13(10-15)3-4-14(11)17-7-5-16(6-8-17)12(2)18/h3-4,9H,5-8H2,1-2H3. The SMILES string of the molecule is CC(=O)N1CCN(c2ccc(C#N)cc2C)CC1. The molecule has 1 aliphatic rings. The molecular formula is C14H17N3O. The molecule has 1 amide bonds. The van der Waals surface area contributed by atoms with E-state index in [1.54, 1.807) is 6.92 Å². The van der Waals surface area contributed by atoms with Gasteiger partial charge in [0.1, 0.15) is 0 Å². The molecule has 0 spiro atoms. The van der Waals surface area contributed by atoms with E-state index in [4.69, 9.17) is 5.26 Å². The normalized spacial score (nSPS) is 15.4. The number of nitrogens with zero attached hydrogens (tertiary/aromatic N) is 3. The summed E-state index contributed by atoms with van der Waals surface area (Å²) in [4.78, 5) is 15.4. The van der Waals surface area contributed by atoms with Crippen LogP contribution in [0.15, 0.2) is 18.2 Å². The minimum atomic E-state index is 0.145. The predicted molar refractivity (Wildman–Crippen MR) is 70.4 cm³/mol. The van der Waals surface area contributed by atoms with E-state index in [0.29, 0.717) is 5.56 Å². The van der Waals surface area contributed by atoms with Crippen LogP contribution < -0.4 is 4.90 Å². The van der Waals surface area contributed by atoms with E-state index in [1.807, 2.05) is 30.0 Å². The molecule has 0 atom stereocenters. The molecule has 0 N–H and O–H groups in total. The number of carbonyl (C=O) groups excluding carboxylic acids is 1. The predicted octanol–water partition coefficient (Wildman–Crippen LogP) is 1.54. The zero-order valence-electron chi connectivity index (χ0n) is 10.8. The number of amides is 1. The van der Waals surface area contributed by atoms with E-state index in [9.17, 15) is 4.79 Å². The van der Waals surface area contributed by atoms with Gasteiger partial charge in [-0.15, -0.1) is 0 Å². The Kier molecular flexibility index (Phi) is 3.52. The number of hydrogen-bond acceptors (Lipinski definition) is 3. The first-order chi connectivity index (χ1) is 8.61. The minimum absolute atomic E-state index is 0.145. The van der Waals surface area contributed by atoms with E-state index in [0.717, 1.165) is 37.4 Å². The Bertz CT molecular complexity index is 496. The number of benzene rings is 1. The number of rotatable bonds is 1. The molecular weight excluding hydrogens is 226 g/mol. The summed E-state index contributed by atoms with van der Waals surface area (Å²) in [6.07, 6.45) is 0. The Hall–Kier alpha value is -2.02. The van der Waals surface area contributed by atoms with Crippen LogP contribution in [0.2, 0.25) is 0 Å². The smallest absolute Gasteiger partial charge is 0.219 e. The first kappa shape index (κ1) is 12.4. The summed E-state index contributed by atoms with van der Waals surface area (Å²) in [6.45, 7) is 6.89. The number of piperazine rings is 1. The van der Waals surface area contributed by atoms with E-state index >= 15 is 0 Å². The molecule has 4 nitrogen and oxygen atoms in total. The number of hydrogen-bond donors (Lipinski definition) is 0. The summed E-state index contributed by atoms with van der Waals surface area (Å²) in [5.74, 6) is 0.145. The Morgan fingerprint density at radius 3 is 2.44 bits per heavy atom. The maximum atomic E-state index is 11.3. The van der Waals surface area contributed by atoms with Gasteiger partial charge in [-0.25, -0.2) is 0 Å². The second-order valence-electron chi connectivity index (χ2n) is 4.61. The first-order valence-corrected chi connectivity index (χ1v) is 6.13. The van der Waals surface area contributed by atoms with Gasteiger partial charge >= 0.3 is 0 Å². The highest BCUT2D eigenvalue weighted by Crippen LogP contribution is 2.22. The fourth-order valence-electron chi connectivity index (χ4n) is 2.34. The van der Waals surface area contributed by atoms with E-state index in [2.05, 4.69) is 11.0 Å². The molecule has 0 radical (unpaired) electrons. The summed E-state index contributed by atoms with van der Waals surface area (Å²) in [5.41, 5.74) is 2.97. The van der Waals surface area contributed by atoms with E-state index in [-0.39, 0.29) is 5.91 Å². The zero-order chi connectivity index (χ0) is 13.1. The maximum Gasteiger partial charge on any atom is 0.219 e. The minimum Gasteiger partial charge on any atom is -0.368 e. The molecule has 0 bridgehead atoms. The van der Waals surface area contributed by atoms with Crippen molar-refractivity contribution < 1.29 is 4.79 Å². The van der Waals surface area contributed by atoms with Gasteiger partial charge in [-0.3, -0.25) is 4.79 Å². The third kappa shape index (κ3) is 2.45. The monoisotopic (exact) mass is 243 g/mol. The molecule has 94 valence electrons. The van der Waals surface area contributed by atoms with Crippen molar-refractivity contribution in [2.75, 3.05) is 31.1 Å². The van der Waals surface area contributed by atoms with Gasteiger partial charge < -0.3 is 9.80 Å². The lowest BCUT2D eigenvalue weighted by molar-refractivity contribution is -0.129. The highest BCUT2D eigenvalue weighted by Gasteiger charge is 2.19. The lowest BCUT2D eigenvalue weighted by Gasteiger charge is -2.36. The fourth-order valence-corrected chi connectivity index (χ4v) is 2.34. The Morgan fingerprint density at radius 1 is 1.28 bits per heavy atom. The Morgan fingerprint density at radius 2 is 1.94 bits per heavy atom. The van der Waals surface area contributed by atoms with Gasteiger partial charge in [-0.1, -0.05) is 0 Å². The van der Waals surface area contributed by atoms with Crippen LogP contribution in [0.25, 0.3) is 0 Å². The maximum absolute atomic E-state index is 11.3. The Labute approximate surface area is 107 Å². The molecule has 0 aromatic heterocycles. The molecule has 18 heavy (non-hydrogen) atoms. The highest BCUT2D eigenvalue weighted by atomic mass is 16.2. The number of nitriles is 1. The zero-order valence-corrected chi connectivity index (χ0v) is 10.8. The number of aryl methyl sites for hydroxylation is 1. The molecule has 0 unspecified atom stereocenters. The topological polar surface area (TPSA) is 47.3 Å². The summed E-state index contributed by atoms with van der Waals surface area (Å²) in [6, 6.07) is 7.90. The van der Waals surface area contributed by atoms with Gasteiger partial charge in [-0.2, -0.15) is 5.26 Å². The molecule has 4 heteroatoms. The third-order valence-corrected chi connectivity index (χ3v) is 3.39. The molecule has 1 aromatic carbocycles. The summed E-state index contributed by atoms with van der Waals surface area (Å²) in [5, 5.41) is 8.85. The summed E-state index contributed by atoms with van der Waals surface area (Å²) >= 11 is 0. The molecule has 2 rings (SSSR count). The first-order valence-electron chi connectivity index (χ1n) is 6.13. The van der Waals surface area contributed by atoms with Gasteiger partial charge in [-0.05, 0) is 30.7 Å². The van der Waals surface area contributed by atoms with E-state index < -0.39 is 0 Å². The fraction of sp³-hybridized carbons (Fsp3) is 0.429. The van der Waals surface area contributed by atoms with Crippen LogP contribution in [0.4, 0.5) is 5.69 Å². The highest BCUT2D eigenvalue weighted by molar-refractivity contribution is 5.73. The molecule has 1 aliphatic heterocycles. The second-order valence-corrected chi connectivity index (χ2v) is 4.61. The lowest BCUT2D eigenvalue weighted by atomic mass is 10.1. The molecule has 1 heterocycles. The number of carbonyl (C=O) groups is 1. The van der Waals surface area contributed by atoms with Crippen LogP contribution in [0.1, 0.15) is 18.1 Å². The van der Waals surface area contributed by atoms with Crippen molar-refractivity contribution in [3.05, 3.63) is 29.3 Å². The quantitative estimate of drug-likeness (QED) is 0.751. The van der Waals surface area contributed by atoms with Crippen LogP contribution in [-0.4, -0.2) is 37.0 Å². The van der Waals surface area contributed by atoms with Crippen LogP contribution in [0.5, 0.6) is 0 Å². The van der Waals surface area contributed by atoms with Crippen LogP contribution >= 0.6 is 0 Å². The van der Waals surface area contributed by atoms with Crippen LogP contribution in [-0.2, 0) is 4.79 Å². The lowest BCUT2D eigenvalue weighted by Crippen LogP contribution is -2.48. The molecule has 0 saturated carbocycles. The largest absolute Gasteiger partial charge is 0.368 e. The summed E-state index contributed by atoms with van der Waals surface area (Å²) in [7, 11) is 0. The second kappa shape index (κ2) is 5.09. The molecule has 1 aromatic rings. The van der Waals surface area contributed by atoms with Crippen molar-refractivity contribution in [2.45, 2.75) is 13.8 Å². The molecule has 0 aliphatic carbocycles. The average Bonchev–Trinajstić information content (AvgIpc) is 2.38. The molecule has 1 fully saturated rings. The van der Waals surface area contributed by atoms with Crippen LogP contribution in [0, 0.1) is 18.3 Å². The van der Waals surface area contributed by atoms with Gasteiger partial charge in [0.15, 0.2) is 0 Å². The van der Waals surface area contributed by atoms with Gasteiger partial charge in [0.25, 0.3) is 0 Å². The third-order valence-electron chi connectivity index (χ3n) is 3.39. The summed E-state index contributed by atoms with van der Waals surface area (Å²) < 4.78 is 0.